The third-order valence-electron chi connectivity index (χ3n) is 1.88. The summed E-state index contributed by atoms with van der Waals surface area (Å²) in [6.07, 6.45) is 1.69. The molecule has 16 heavy (non-hydrogen) atoms. The first-order valence-electron chi connectivity index (χ1n) is 5.22. The summed E-state index contributed by atoms with van der Waals surface area (Å²) in [6.45, 7) is 8.82. The van der Waals surface area contributed by atoms with E-state index in [1.54, 1.807) is 6.20 Å². The Morgan fingerprint density at radius 1 is 1.56 bits per heavy atom. The molecule has 0 aliphatic carbocycles. The molecule has 0 radical (unpaired) electrons. The molecule has 1 N–H and O–H groups in total. The number of halogens is 1. The minimum Gasteiger partial charge on any atom is -0.486 e. The number of aromatic nitrogens is 1. The average molecular weight is 241 g/mol. The Bertz CT molecular complexity index is 335. The Hall–Kier alpha value is -1.06. The second-order valence-electron chi connectivity index (χ2n) is 3.83. The lowest BCUT2D eigenvalue weighted by atomic mass is 10.3. The monoisotopic (exact) mass is 240 g/mol. The lowest BCUT2D eigenvalue weighted by molar-refractivity contribution is 0.357. The van der Waals surface area contributed by atoms with Gasteiger partial charge in [0, 0.05) is 17.6 Å². The van der Waals surface area contributed by atoms with Gasteiger partial charge in [-0.1, -0.05) is 32.0 Å². The summed E-state index contributed by atoms with van der Waals surface area (Å²) in [6, 6.07) is 4.27. The number of rotatable bonds is 6. The van der Waals surface area contributed by atoms with Crippen molar-refractivity contribution in [2.45, 2.75) is 26.4 Å². The molecular weight excluding hydrogens is 224 g/mol. The third-order valence-corrected chi connectivity index (χ3v) is 1.99. The molecule has 0 aromatic carbocycles. The van der Waals surface area contributed by atoms with Crippen LogP contribution in [0.15, 0.2) is 29.9 Å². The van der Waals surface area contributed by atoms with E-state index >= 15 is 0 Å². The summed E-state index contributed by atoms with van der Waals surface area (Å²) < 4.78 is 5.33. The van der Waals surface area contributed by atoms with Crippen molar-refractivity contribution in [1.82, 2.24) is 10.3 Å². The number of hydrogen-bond donors (Lipinski definition) is 1. The molecule has 0 unspecified atom stereocenters. The molecule has 0 aliphatic rings. The van der Waals surface area contributed by atoms with Crippen molar-refractivity contribution in [3.63, 3.8) is 0 Å². The van der Waals surface area contributed by atoms with Crippen LogP contribution in [0.25, 0.3) is 0 Å². The van der Waals surface area contributed by atoms with E-state index in [4.69, 9.17) is 16.3 Å². The minimum absolute atomic E-state index is 0.312. The van der Waals surface area contributed by atoms with Crippen LogP contribution in [0.5, 0.6) is 5.75 Å². The molecule has 88 valence electrons. The van der Waals surface area contributed by atoms with E-state index < -0.39 is 0 Å². The van der Waals surface area contributed by atoms with Crippen molar-refractivity contribution < 1.29 is 4.74 Å². The van der Waals surface area contributed by atoms with Crippen molar-refractivity contribution in [1.29, 1.82) is 0 Å². The first-order valence-corrected chi connectivity index (χ1v) is 5.60. The van der Waals surface area contributed by atoms with Gasteiger partial charge in [0.2, 0.25) is 0 Å². The molecule has 0 saturated carbocycles. The molecule has 0 fully saturated rings. The SMILES string of the molecule is C=C(Cl)COc1ccc(CNC(C)C)nc1. The zero-order valence-electron chi connectivity index (χ0n) is 9.66. The maximum atomic E-state index is 5.59. The zero-order chi connectivity index (χ0) is 12.0. The van der Waals surface area contributed by atoms with Crippen molar-refractivity contribution in [3.8, 4) is 5.75 Å². The van der Waals surface area contributed by atoms with Crippen LogP contribution in [-0.4, -0.2) is 17.6 Å². The van der Waals surface area contributed by atoms with Gasteiger partial charge in [-0.15, -0.1) is 0 Å². The first kappa shape index (κ1) is 13.0. The van der Waals surface area contributed by atoms with Crippen molar-refractivity contribution in [2.75, 3.05) is 6.61 Å². The fourth-order valence-electron chi connectivity index (χ4n) is 1.07. The van der Waals surface area contributed by atoms with Gasteiger partial charge in [0.15, 0.2) is 0 Å². The van der Waals surface area contributed by atoms with E-state index in [-0.39, 0.29) is 0 Å². The second-order valence-corrected chi connectivity index (χ2v) is 4.36. The van der Waals surface area contributed by atoms with Crippen LogP contribution in [0.3, 0.4) is 0 Å². The quantitative estimate of drug-likeness (QED) is 0.830. The molecule has 1 aromatic heterocycles. The molecule has 1 rings (SSSR count). The van der Waals surface area contributed by atoms with Gasteiger partial charge in [0.1, 0.15) is 12.4 Å². The lowest BCUT2D eigenvalue weighted by Gasteiger charge is -2.08. The van der Waals surface area contributed by atoms with Crippen LogP contribution < -0.4 is 10.1 Å². The number of hydrogen-bond acceptors (Lipinski definition) is 3. The van der Waals surface area contributed by atoms with Crippen LogP contribution >= 0.6 is 11.6 Å². The van der Waals surface area contributed by atoms with E-state index in [9.17, 15) is 0 Å². The topological polar surface area (TPSA) is 34.1 Å². The van der Waals surface area contributed by atoms with E-state index in [2.05, 4.69) is 30.7 Å². The maximum Gasteiger partial charge on any atom is 0.138 e. The Balaban J connectivity index is 2.44. The Morgan fingerprint density at radius 3 is 2.81 bits per heavy atom. The van der Waals surface area contributed by atoms with Gasteiger partial charge in [0.25, 0.3) is 0 Å². The van der Waals surface area contributed by atoms with Gasteiger partial charge in [-0.2, -0.15) is 0 Å². The molecule has 0 bridgehead atoms. The highest BCUT2D eigenvalue weighted by molar-refractivity contribution is 6.29. The van der Waals surface area contributed by atoms with Gasteiger partial charge >= 0.3 is 0 Å². The predicted octanol–water partition coefficient (Wildman–Crippen LogP) is 2.71. The van der Waals surface area contributed by atoms with Crippen LogP contribution in [-0.2, 0) is 6.54 Å². The fourth-order valence-corrected chi connectivity index (χ4v) is 1.13. The Morgan fingerprint density at radius 2 is 2.31 bits per heavy atom. The molecule has 0 saturated heterocycles. The molecule has 1 heterocycles. The largest absolute Gasteiger partial charge is 0.486 e. The van der Waals surface area contributed by atoms with Crippen LogP contribution in [0.2, 0.25) is 0 Å². The van der Waals surface area contributed by atoms with E-state index in [1.807, 2.05) is 12.1 Å². The fraction of sp³-hybridized carbons (Fsp3) is 0.417. The summed E-state index contributed by atoms with van der Waals surface area (Å²) in [7, 11) is 0. The van der Waals surface area contributed by atoms with Crippen LogP contribution in [0.1, 0.15) is 19.5 Å². The molecule has 0 spiro atoms. The number of ether oxygens (including phenoxy) is 1. The summed E-state index contributed by atoms with van der Waals surface area (Å²) in [5.74, 6) is 0.704. The molecule has 1 aromatic rings. The molecular formula is C12H17ClN2O. The summed E-state index contributed by atoms with van der Waals surface area (Å²) in [5.41, 5.74) is 0.991. The van der Waals surface area contributed by atoms with Crippen molar-refractivity contribution in [3.05, 3.63) is 35.6 Å². The molecule has 0 aliphatic heterocycles. The zero-order valence-corrected chi connectivity index (χ0v) is 10.4. The summed E-state index contributed by atoms with van der Waals surface area (Å²) in [4.78, 5) is 4.27. The molecule has 4 heteroatoms. The smallest absolute Gasteiger partial charge is 0.138 e. The highest BCUT2D eigenvalue weighted by atomic mass is 35.5. The normalized spacial score (nSPS) is 10.5. The summed E-state index contributed by atoms with van der Waals surface area (Å²) >= 11 is 5.59. The maximum absolute atomic E-state index is 5.59. The molecule has 0 atom stereocenters. The van der Waals surface area contributed by atoms with Crippen molar-refractivity contribution in [2.24, 2.45) is 0 Å². The van der Waals surface area contributed by atoms with Crippen LogP contribution in [0.4, 0.5) is 0 Å². The van der Waals surface area contributed by atoms with E-state index in [0.29, 0.717) is 23.4 Å². The van der Waals surface area contributed by atoms with Gasteiger partial charge in [-0.05, 0) is 12.1 Å². The second kappa shape index (κ2) is 6.51. The van der Waals surface area contributed by atoms with E-state index in [1.165, 1.54) is 0 Å². The number of pyridine rings is 1. The first-order chi connectivity index (χ1) is 7.58. The number of nitrogens with one attached hydrogen (secondary N) is 1. The molecule has 0 amide bonds. The average Bonchev–Trinajstić information content (AvgIpc) is 2.25. The van der Waals surface area contributed by atoms with E-state index in [0.717, 1.165) is 12.2 Å². The molecule has 3 nitrogen and oxygen atoms in total. The highest BCUT2D eigenvalue weighted by Gasteiger charge is 1.98. The Kier molecular flexibility index (Phi) is 5.29. The summed E-state index contributed by atoms with van der Waals surface area (Å²) in [5, 5.41) is 3.77. The Labute approximate surface area is 101 Å². The van der Waals surface area contributed by atoms with Gasteiger partial charge in [-0.3, -0.25) is 4.98 Å². The minimum atomic E-state index is 0.312. The lowest BCUT2D eigenvalue weighted by Crippen LogP contribution is -2.22. The van der Waals surface area contributed by atoms with Crippen LogP contribution in [0, 0.1) is 0 Å². The highest BCUT2D eigenvalue weighted by Crippen LogP contribution is 2.11. The van der Waals surface area contributed by atoms with Gasteiger partial charge < -0.3 is 10.1 Å². The van der Waals surface area contributed by atoms with Gasteiger partial charge in [-0.25, -0.2) is 0 Å². The standard InChI is InChI=1S/C12H17ClN2O/c1-9(2)14-6-11-4-5-12(7-15-11)16-8-10(3)13/h4-5,7,9,14H,3,6,8H2,1-2H3. The van der Waals surface area contributed by atoms with Crippen molar-refractivity contribution >= 4 is 11.6 Å². The number of nitrogens with zero attached hydrogens (tertiary/aromatic N) is 1. The third kappa shape index (κ3) is 5.14. The van der Waals surface area contributed by atoms with Gasteiger partial charge in [0.05, 0.1) is 11.9 Å². The predicted molar refractivity (Wildman–Crippen MR) is 66.7 cm³/mol.